The number of aromatic hydroxyl groups is 2. The first-order valence-electron chi connectivity index (χ1n) is 9.65. The molecule has 160 valence electrons. The highest BCUT2D eigenvalue weighted by atomic mass is 35.5. The highest BCUT2D eigenvalue weighted by Gasteiger charge is 2.22. The van der Waals surface area contributed by atoms with Gasteiger partial charge in [-0.3, -0.25) is 4.98 Å². The van der Waals surface area contributed by atoms with E-state index in [1.165, 1.54) is 6.07 Å². The fraction of sp³-hybridized carbons (Fsp3) is 0.217. The Labute approximate surface area is 183 Å². The summed E-state index contributed by atoms with van der Waals surface area (Å²) in [5.41, 5.74) is 3.58. The number of aromatic nitrogens is 2. The van der Waals surface area contributed by atoms with Gasteiger partial charge in [-0.2, -0.15) is 5.10 Å². The number of rotatable bonds is 4. The molecule has 31 heavy (non-hydrogen) atoms. The van der Waals surface area contributed by atoms with E-state index in [0.717, 1.165) is 22.4 Å². The highest BCUT2D eigenvalue weighted by molar-refractivity contribution is 6.30. The number of phenols is 1. The number of aryl methyl sites for hydroxylation is 1. The topological polar surface area (TPSA) is 73.9 Å². The van der Waals surface area contributed by atoms with Crippen LogP contribution in [0.4, 0.5) is 4.39 Å². The molecule has 4 rings (SSSR count). The quantitative estimate of drug-likeness (QED) is 0.353. The fourth-order valence-corrected chi connectivity index (χ4v) is 4.11. The number of halogens is 2. The summed E-state index contributed by atoms with van der Waals surface area (Å²) in [7, 11) is 5.36. The Bertz CT molecular complexity index is 1360. The summed E-state index contributed by atoms with van der Waals surface area (Å²) < 4.78 is 15.1. The third-order valence-corrected chi connectivity index (χ3v) is 5.49. The zero-order chi connectivity index (χ0) is 22.4. The molecule has 2 heterocycles. The lowest BCUT2D eigenvalue weighted by molar-refractivity contribution is 0.432. The highest BCUT2D eigenvalue weighted by Crippen LogP contribution is 2.42. The molecule has 2 N–H and O–H groups in total. The molecule has 0 aliphatic rings. The van der Waals surface area contributed by atoms with Crippen molar-refractivity contribution in [3.8, 4) is 11.6 Å². The molecule has 0 saturated heterocycles. The minimum Gasteiger partial charge on any atom is -0.505 e. The Morgan fingerprint density at radius 2 is 1.94 bits per heavy atom. The molecule has 2 aromatic carbocycles. The van der Waals surface area contributed by atoms with Crippen LogP contribution in [0.1, 0.15) is 23.6 Å². The van der Waals surface area contributed by atoms with Crippen LogP contribution in [0.3, 0.4) is 0 Å². The van der Waals surface area contributed by atoms with Gasteiger partial charge in [-0.25, -0.2) is 4.39 Å². The van der Waals surface area contributed by atoms with E-state index in [9.17, 15) is 14.6 Å². The van der Waals surface area contributed by atoms with Crippen LogP contribution in [0, 0.1) is 5.82 Å². The van der Waals surface area contributed by atoms with Gasteiger partial charge in [-0.1, -0.05) is 17.7 Å². The average Bonchev–Trinajstić information content (AvgIpc) is 2.99. The van der Waals surface area contributed by atoms with E-state index in [1.807, 2.05) is 27.1 Å². The Balaban J connectivity index is 1.98. The molecule has 0 radical (unpaired) electrons. The molecular formula is C23H22ClFN4O2. The van der Waals surface area contributed by atoms with Gasteiger partial charge in [0.15, 0.2) is 5.75 Å². The predicted octanol–water partition coefficient (Wildman–Crippen LogP) is 4.81. The Morgan fingerprint density at radius 1 is 1.19 bits per heavy atom. The summed E-state index contributed by atoms with van der Waals surface area (Å²) in [4.78, 5) is 4.49. The van der Waals surface area contributed by atoms with Crippen LogP contribution in [-0.4, -0.2) is 44.6 Å². The van der Waals surface area contributed by atoms with Crippen molar-refractivity contribution < 1.29 is 14.6 Å². The van der Waals surface area contributed by atoms with Gasteiger partial charge >= 0.3 is 0 Å². The van der Waals surface area contributed by atoms with E-state index in [0.29, 0.717) is 28.1 Å². The second-order valence-electron chi connectivity index (χ2n) is 7.77. The Morgan fingerprint density at radius 3 is 2.61 bits per heavy atom. The molecule has 0 bridgehead atoms. The monoisotopic (exact) mass is 440 g/mol. The molecule has 0 aliphatic carbocycles. The fourth-order valence-electron chi connectivity index (χ4n) is 3.91. The molecule has 0 amide bonds. The second-order valence-corrected chi connectivity index (χ2v) is 8.18. The van der Waals surface area contributed by atoms with Crippen LogP contribution in [0.5, 0.6) is 11.6 Å². The molecule has 0 atom stereocenters. The van der Waals surface area contributed by atoms with Gasteiger partial charge < -0.3 is 19.8 Å². The molecular weight excluding hydrogens is 419 g/mol. The number of pyridine rings is 1. The Hall–Kier alpha value is -3.32. The number of fused-ring (bicyclic) bond motifs is 2. The van der Waals surface area contributed by atoms with Gasteiger partial charge in [0, 0.05) is 49.9 Å². The standard InChI is InChI=1S/C23H22ClFN4O2/c1-12(27-28(2)3)19-15-8-14(7-13-5-6-18(25)17(24)9-13)10-26-21(15)22(30)20-16(19)11-29(4)23(20)31/h5-6,8-11,30-31H,7H2,1-4H3. The van der Waals surface area contributed by atoms with Gasteiger partial charge in [0.25, 0.3) is 0 Å². The van der Waals surface area contributed by atoms with Crippen molar-refractivity contribution in [2.75, 3.05) is 14.1 Å². The van der Waals surface area contributed by atoms with Crippen LogP contribution in [-0.2, 0) is 13.5 Å². The molecule has 0 saturated carbocycles. The van der Waals surface area contributed by atoms with Crippen molar-refractivity contribution in [3.05, 3.63) is 64.2 Å². The zero-order valence-electron chi connectivity index (χ0n) is 17.6. The summed E-state index contributed by atoms with van der Waals surface area (Å²) in [5, 5.41) is 29.4. The summed E-state index contributed by atoms with van der Waals surface area (Å²) >= 11 is 5.92. The molecule has 0 unspecified atom stereocenters. The van der Waals surface area contributed by atoms with Crippen LogP contribution in [0.25, 0.3) is 21.7 Å². The van der Waals surface area contributed by atoms with E-state index < -0.39 is 5.82 Å². The normalized spacial score (nSPS) is 12.1. The minimum atomic E-state index is -0.462. The molecule has 6 nitrogen and oxygen atoms in total. The van der Waals surface area contributed by atoms with Gasteiger partial charge in [0.05, 0.1) is 16.1 Å². The summed E-state index contributed by atoms with van der Waals surface area (Å²) in [6.45, 7) is 1.88. The van der Waals surface area contributed by atoms with Crippen molar-refractivity contribution in [3.63, 3.8) is 0 Å². The van der Waals surface area contributed by atoms with Crippen molar-refractivity contribution in [1.29, 1.82) is 0 Å². The molecule has 8 heteroatoms. The van der Waals surface area contributed by atoms with E-state index in [1.54, 1.807) is 41.2 Å². The first-order valence-corrected chi connectivity index (χ1v) is 10.0. The molecule has 0 fully saturated rings. The maximum Gasteiger partial charge on any atom is 0.202 e. The smallest absolute Gasteiger partial charge is 0.202 e. The number of hydrogen-bond donors (Lipinski definition) is 2. The van der Waals surface area contributed by atoms with Gasteiger partial charge in [0.2, 0.25) is 5.88 Å². The van der Waals surface area contributed by atoms with Gasteiger partial charge in [-0.05, 0) is 42.7 Å². The summed E-state index contributed by atoms with van der Waals surface area (Å²) in [6, 6.07) is 6.55. The lowest BCUT2D eigenvalue weighted by Gasteiger charge is -2.14. The lowest BCUT2D eigenvalue weighted by Crippen LogP contribution is -2.08. The summed E-state index contributed by atoms with van der Waals surface area (Å²) in [5.74, 6) is -0.586. The van der Waals surface area contributed by atoms with Crippen LogP contribution >= 0.6 is 11.6 Å². The average molecular weight is 441 g/mol. The van der Waals surface area contributed by atoms with E-state index >= 15 is 0 Å². The lowest BCUT2D eigenvalue weighted by atomic mass is 9.96. The zero-order valence-corrected chi connectivity index (χ0v) is 18.4. The molecule has 0 spiro atoms. The maximum atomic E-state index is 13.5. The van der Waals surface area contributed by atoms with Crippen LogP contribution in [0.15, 0.2) is 41.8 Å². The van der Waals surface area contributed by atoms with Crippen molar-refractivity contribution in [2.24, 2.45) is 12.1 Å². The number of hydrazone groups is 1. The van der Waals surface area contributed by atoms with E-state index in [4.69, 9.17) is 11.6 Å². The van der Waals surface area contributed by atoms with Crippen molar-refractivity contribution in [1.82, 2.24) is 14.6 Å². The van der Waals surface area contributed by atoms with Gasteiger partial charge in [-0.15, -0.1) is 0 Å². The van der Waals surface area contributed by atoms with Crippen molar-refractivity contribution >= 4 is 39.0 Å². The molecule has 2 aromatic heterocycles. The van der Waals surface area contributed by atoms with Crippen molar-refractivity contribution in [2.45, 2.75) is 13.3 Å². The first-order chi connectivity index (χ1) is 14.7. The number of hydrogen-bond acceptors (Lipinski definition) is 5. The SMILES string of the molecule is CC(=NN(C)C)c1c2cc(Cc3ccc(F)c(Cl)c3)cnc2c(O)c2c(O)n(C)cc12. The largest absolute Gasteiger partial charge is 0.505 e. The summed E-state index contributed by atoms with van der Waals surface area (Å²) in [6.07, 6.45) is 3.92. The first kappa shape index (κ1) is 20.9. The van der Waals surface area contributed by atoms with Crippen LogP contribution in [0.2, 0.25) is 5.02 Å². The van der Waals surface area contributed by atoms with Crippen LogP contribution < -0.4 is 0 Å². The number of nitrogens with zero attached hydrogens (tertiary/aromatic N) is 4. The number of benzene rings is 2. The third-order valence-electron chi connectivity index (χ3n) is 5.20. The molecule has 4 aromatic rings. The maximum absolute atomic E-state index is 13.5. The third kappa shape index (κ3) is 3.65. The predicted molar refractivity (Wildman–Crippen MR) is 122 cm³/mol. The molecule has 0 aliphatic heterocycles. The minimum absolute atomic E-state index is 0.0415. The second kappa shape index (κ2) is 7.74. The van der Waals surface area contributed by atoms with Gasteiger partial charge in [0.1, 0.15) is 11.3 Å². The number of phenolic OH excluding ortho intramolecular Hbond substituents is 1. The van der Waals surface area contributed by atoms with E-state index in [-0.39, 0.29) is 16.7 Å². The Kier molecular flexibility index (Phi) is 5.23. The van der Waals surface area contributed by atoms with E-state index in [2.05, 4.69) is 10.1 Å².